The molecule has 0 heterocycles. The van der Waals surface area contributed by atoms with Crippen molar-refractivity contribution in [2.75, 3.05) is 6.61 Å². The fourth-order valence-electron chi connectivity index (χ4n) is 2.81. The minimum atomic E-state index is -4.60. The zero-order chi connectivity index (χ0) is 21.8. The first-order valence-electron chi connectivity index (χ1n) is 8.65. The van der Waals surface area contributed by atoms with Crippen LogP contribution in [0.3, 0.4) is 0 Å². The van der Waals surface area contributed by atoms with Gasteiger partial charge in [-0.25, -0.2) is 0 Å². The fraction of sp³-hybridized carbons (Fsp3) is 0.350. The van der Waals surface area contributed by atoms with Crippen LogP contribution >= 0.6 is 0 Å². The van der Waals surface area contributed by atoms with E-state index in [1.807, 2.05) is 0 Å². The third-order valence-electron chi connectivity index (χ3n) is 4.15. The third-order valence-corrected chi connectivity index (χ3v) is 4.15. The number of alkyl halides is 6. The number of aliphatic carboxylic acids is 1. The minimum Gasteiger partial charge on any atom is -0.484 e. The van der Waals surface area contributed by atoms with Gasteiger partial charge in [-0.1, -0.05) is 31.5 Å². The Hall–Kier alpha value is -2.71. The molecular weight excluding hydrogens is 402 g/mol. The van der Waals surface area contributed by atoms with Crippen molar-refractivity contribution >= 4 is 5.97 Å². The van der Waals surface area contributed by atoms with Crippen molar-refractivity contribution in [2.45, 2.75) is 38.0 Å². The van der Waals surface area contributed by atoms with Gasteiger partial charge in [0.1, 0.15) is 5.75 Å². The summed E-state index contributed by atoms with van der Waals surface area (Å²) in [5.41, 5.74) is -0.109. The summed E-state index contributed by atoms with van der Waals surface area (Å²) in [7, 11) is 0. The van der Waals surface area contributed by atoms with E-state index in [4.69, 9.17) is 4.74 Å². The molecule has 3 nitrogen and oxygen atoms in total. The molecule has 0 radical (unpaired) electrons. The maximum atomic E-state index is 12.8. The molecule has 1 N–H and O–H groups in total. The lowest BCUT2D eigenvalue weighted by atomic mass is 9.91. The highest BCUT2D eigenvalue weighted by Crippen LogP contribution is 2.35. The first-order chi connectivity index (χ1) is 13.4. The molecule has 0 aromatic heterocycles. The molecule has 9 heteroatoms. The van der Waals surface area contributed by atoms with Crippen LogP contribution in [0.25, 0.3) is 11.1 Å². The Kier molecular flexibility index (Phi) is 6.81. The lowest BCUT2D eigenvalue weighted by molar-refractivity contribution is -0.153. The van der Waals surface area contributed by atoms with Crippen LogP contribution in [-0.4, -0.2) is 23.9 Å². The van der Waals surface area contributed by atoms with E-state index in [1.54, 1.807) is 6.92 Å². The molecule has 1 atom stereocenters. The van der Waals surface area contributed by atoms with Gasteiger partial charge >= 0.3 is 18.3 Å². The van der Waals surface area contributed by atoms with Gasteiger partial charge in [0.2, 0.25) is 0 Å². The van der Waals surface area contributed by atoms with Crippen molar-refractivity contribution in [3.63, 3.8) is 0 Å². The molecule has 2 aromatic rings. The second-order valence-corrected chi connectivity index (χ2v) is 6.45. The number of carbonyl (C=O) groups is 1. The molecule has 2 rings (SSSR count). The monoisotopic (exact) mass is 420 g/mol. The standard InChI is InChI=1S/C20H18F6O3/c1-2-3-17(18(27)28)14-8-13(9-16(10-14)29-11-19(21,22)23)12-4-6-15(7-5-12)20(24,25)26/h4-10,17H,2-3,11H2,1H3,(H,27,28). The average Bonchev–Trinajstić information content (AvgIpc) is 2.63. The molecule has 158 valence electrons. The van der Waals surface area contributed by atoms with Crippen molar-refractivity contribution in [1.82, 2.24) is 0 Å². The number of benzene rings is 2. The molecule has 1 unspecified atom stereocenters. The number of rotatable bonds is 7. The maximum absolute atomic E-state index is 12.8. The topological polar surface area (TPSA) is 46.5 Å². The molecule has 2 aromatic carbocycles. The normalized spacial score (nSPS) is 13.2. The second-order valence-electron chi connectivity index (χ2n) is 6.45. The van der Waals surface area contributed by atoms with E-state index in [0.29, 0.717) is 6.42 Å². The van der Waals surface area contributed by atoms with Gasteiger partial charge in [-0.15, -0.1) is 0 Å². The van der Waals surface area contributed by atoms with Gasteiger partial charge in [0.05, 0.1) is 11.5 Å². The van der Waals surface area contributed by atoms with Gasteiger partial charge in [0.15, 0.2) is 6.61 Å². The molecule has 0 aliphatic rings. The molecule has 0 bridgehead atoms. The Morgan fingerprint density at radius 1 is 1.00 bits per heavy atom. The van der Waals surface area contributed by atoms with Gasteiger partial charge in [0.25, 0.3) is 0 Å². The van der Waals surface area contributed by atoms with Gasteiger partial charge in [-0.2, -0.15) is 26.3 Å². The Balaban J connectivity index is 2.49. The van der Waals surface area contributed by atoms with Crippen molar-refractivity contribution in [1.29, 1.82) is 0 Å². The summed E-state index contributed by atoms with van der Waals surface area (Å²) >= 11 is 0. The molecular formula is C20H18F6O3. The van der Waals surface area contributed by atoms with Gasteiger partial charge in [-0.05, 0) is 47.4 Å². The predicted molar refractivity (Wildman–Crippen MR) is 93.7 cm³/mol. The Morgan fingerprint density at radius 2 is 1.62 bits per heavy atom. The number of halogens is 6. The average molecular weight is 420 g/mol. The van der Waals surface area contributed by atoms with E-state index in [1.165, 1.54) is 30.3 Å². The summed E-state index contributed by atoms with van der Waals surface area (Å²) < 4.78 is 80.5. The number of hydrogen-bond donors (Lipinski definition) is 1. The maximum Gasteiger partial charge on any atom is 0.422 e. The summed E-state index contributed by atoms with van der Waals surface area (Å²) in [6.07, 6.45) is -8.37. The number of carboxylic acids is 1. The van der Waals surface area contributed by atoms with E-state index in [-0.39, 0.29) is 28.9 Å². The summed E-state index contributed by atoms with van der Waals surface area (Å²) in [4.78, 5) is 11.6. The van der Waals surface area contributed by atoms with Crippen LogP contribution in [0.15, 0.2) is 42.5 Å². The molecule has 0 saturated carbocycles. The third kappa shape index (κ3) is 6.40. The first-order valence-corrected chi connectivity index (χ1v) is 8.65. The van der Waals surface area contributed by atoms with E-state index in [2.05, 4.69) is 0 Å². The molecule has 0 amide bonds. The predicted octanol–water partition coefficient (Wildman–Crippen LogP) is 6.28. The van der Waals surface area contributed by atoms with Crippen molar-refractivity contribution in [3.8, 4) is 16.9 Å². The quantitative estimate of drug-likeness (QED) is 0.536. The van der Waals surface area contributed by atoms with Gasteiger partial charge < -0.3 is 9.84 Å². The molecule has 0 fully saturated rings. The summed E-state index contributed by atoms with van der Waals surface area (Å²) in [6, 6.07) is 7.93. The van der Waals surface area contributed by atoms with E-state index >= 15 is 0 Å². The van der Waals surface area contributed by atoms with Gasteiger partial charge in [0, 0.05) is 0 Å². The molecule has 29 heavy (non-hydrogen) atoms. The largest absolute Gasteiger partial charge is 0.484 e. The van der Waals surface area contributed by atoms with Crippen LogP contribution in [0, 0.1) is 0 Å². The van der Waals surface area contributed by atoms with Gasteiger partial charge in [-0.3, -0.25) is 4.79 Å². The SMILES string of the molecule is CCCC(C(=O)O)c1cc(OCC(F)(F)F)cc(-c2ccc(C(F)(F)F)cc2)c1. The van der Waals surface area contributed by atoms with Crippen LogP contribution in [0.4, 0.5) is 26.3 Å². The Morgan fingerprint density at radius 3 is 2.10 bits per heavy atom. The summed E-state index contributed by atoms with van der Waals surface area (Å²) in [5, 5.41) is 9.45. The lowest BCUT2D eigenvalue weighted by Gasteiger charge is -2.17. The Labute approximate surface area is 162 Å². The highest BCUT2D eigenvalue weighted by molar-refractivity contribution is 5.78. The van der Waals surface area contributed by atoms with E-state index in [9.17, 15) is 36.2 Å². The van der Waals surface area contributed by atoms with Crippen LogP contribution < -0.4 is 4.74 Å². The Bertz CT molecular complexity index is 841. The van der Waals surface area contributed by atoms with Crippen LogP contribution in [0.5, 0.6) is 5.75 Å². The number of hydrogen-bond acceptors (Lipinski definition) is 2. The fourth-order valence-corrected chi connectivity index (χ4v) is 2.81. The van der Waals surface area contributed by atoms with Crippen molar-refractivity contribution in [3.05, 3.63) is 53.6 Å². The van der Waals surface area contributed by atoms with Crippen LogP contribution in [0.1, 0.15) is 36.8 Å². The smallest absolute Gasteiger partial charge is 0.422 e. The second kappa shape index (κ2) is 8.75. The highest BCUT2D eigenvalue weighted by Gasteiger charge is 2.30. The van der Waals surface area contributed by atoms with Crippen molar-refractivity contribution in [2.24, 2.45) is 0 Å². The molecule has 0 aliphatic heterocycles. The minimum absolute atomic E-state index is 0.211. The molecule has 0 saturated heterocycles. The summed E-state index contributed by atoms with van der Waals surface area (Å²) in [5.74, 6) is -2.35. The lowest BCUT2D eigenvalue weighted by Crippen LogP contribution is -2.19. The zero-order valence-electron chi connectivity index (χ0n) is 15.3. The number of ether oxygens (including phenoxy) is 1. The van der Waals surface area contributed by atoms with E-state index < -0.39 is 36.4 Å². The number of carboxylic acid groups (broad SMARTS) is 1. The first kappa shape index (κ1) is 22.6. The zero-order valence-corrected chi connectivity index (χ0v) is 15.3. The molecule has 0 aliphatic carbocycles. The van der Waals surface area contributed by atoms with Crippen molar-refractivity contribution < 1.29 is 41.0 Å². The highest BCUT2D eigenvalue weighted by atomic mass is 19.4. The summed E-state index contributed by atoms with van der Waals surface area (Å²) in [6.45, 7) is 0.186. The van der Waals surface area contributed by atoms with Crippen LogP contribution in [-0.2, 0) is 11.0 Å². The van der Waals surface area contributed by atoms with Crippen LogP contribution in [0.2, 0.25) is 0 Å². The molecule has 0 spiro atoms. The van der Waals surface area contributed by atoms with E-state index in [0.717, 1.165) is 12.1 Å².